The van der Waals surface area contributed by atoms with Crippen LogP contribution >= 0.6 is 22.9 Å². The average Bonchev–Trinajstić information content (AvgIpc) is 3.08. The molecule has 0 unspecified atom stereocenters. The summed E-state index contributed by atoms with van der Waals surface area (Å²) in [4.78, 5) is 20.2. The molecule has 0 amide bonds. The Balaban J connectivity index is 1.70. The minimum absolute atomic E-state index is 0.0779. The number of anilines is 1. The highest BCUT2D eigenvalue weighted by atomic mass is 35.5. The third-order valence-corrected chi connectivity index (χ3v) is 6.06. The molecule has 0 saturated carbocycles. The number of methoxy groups -OCH3 is 3. The summed E-state index contributed by atoms with van der Waals surface area (Å²) in [5.74, 6) is 1.62. The van der Waals surface area contributed by atoms with Crippen molar-refractivity contribution in [1.82, 2.24) is 4.57 Å². The summed E-state index contributed by atoms with van der Waals surface area (Å²) >= 11 is 7.32. The fourth-order valence-corrected chi connectivity index (χ4v) is 4.32. The Morgan fingerprint density at radius 3 is 2.33 bits per heavy atom. The van der Waals surface area contributed by atoms with Crippen LogP contribution in [0.25, 0.3) is 6.08 Å². The van der Waals surface area contributed by atoms with Gasteiger partial charge in [0.05, 0.1) is 25.9 Å². The van der Waals surface area contributed by atoms with Crippen LogP contribution in [-0.2, 0) is 6.67 Å². The minimum atomic E-state index is -0.0779. The molecule has 0 N–H and O–H groups in total. The molecule has 0 bridgehead atoms. The van der Waals surface area contributed by atoms with Gasteiger partial charge in [-0.15, -0.1) is 0 Å². The molecule has 2 heterocycles. The van der Waals surface area contributed by atoms with Crippen molar-refractivity contribution in [2.75, 3.05) is 32.9 Å². The summed E-state index contributed by atoms with van der Waals surface area (Å²) < 4.78 is 18.6. The van der Waals surface area contributed by atoms with E-state index < -0.39 is 0 Å². The minimum Gasteiger partial charge on any atom is -0.493 e. The summed E-state index contributed by atoms with van der Waals surface area (Å²) in [7, 11) is 4.70. The number of fused-ring (bicyclic) bond motifs is 1. The van der Waals surface area contributed by atoms with Gasteiger partial charge in [-0.2, -0.15) is 0 Å². The third kappa shape index (κ3) is 3.76. The molecule has 0 aliphatic carbocycles. The lowest BCUT2D eigenvalue weighted by Gasteiger charge is -2.27. The van der Waals surface area contributed by atoms with Gasteiger partial charge >= 0.3 is 0 Å². The first-order chi connectivity index (χ1) is 14.5. The number of nitrogens with zero attached hydrogens (tertiary/aromatic N) is 3. The number of ether oxygens (including phenoxy) is 3. The first kappa shape index (κ1) is 20.3. The van der Waals surface area contributed by atoms with Crippen LogP contribution in [0.5, 0.6) is 17.2 Å². The first-order valence-corrected chi connectivity index (χ1v) is 10.3. The predicted molar refractivity (Wildman–Crippen MR) is 118 cm³/mol. The Hall–Kier alpha value is -2.97. The smallest absolute Gasteiger partial charge is 0.271 e. The van der Waals surface area contributed by atoms with Gasteiger partial charge in [0.15, 0.2) is 16.3 Å². The molecule has 1 aromatic heterocycles. The molecular weight excluding hydrogens is 426 g/mol. The van der Waals surface area contributed by atoms with Crippen molar-refractivity contribution in [1.29, 1.82) is 0 Å². The van der Waals surface area contributed by atoms with Crippen molar-refractivity contribution in [3.8, 4) is 17.2 Å². The zero-order valence-corrected chi connectivity index (χ0v) is 18.3. The van der Waals surface area contributed by atoms with Crippen LogP contribution in [0, 0.1) is 0 Å². The fourth-order valence-electron chi connectivity index (χ4n) is 3.24. The van der Waals surface area contributed by atoms with E-state index in [1.165, 1.54) is 11.3 Å². The summed E-state index contributed by atoms with van der Waals surface area (Å²) in [6.07, 6.45) is 1.86. The van der Waals surface area contributed by atoms with Gasteiger partial charge in [-0.1, -0.05) is 35.1 Å². The van der Waals surface area contributed by atoms with Gasteiger partial charge in [0.25, 0.3) is 5.56 Å². The number of thiazole rings is 1. The van der Waals surface area contributed by atoms with Crippen LogP contribution < -0.4 is 34.0 Å². The number of rotatable bonds is 5. The normalized spacial score (nSPS) is 13.6. The molecule has 0 radical (unpaired) electrons. The van der Waals surface area contributed by atoms with Gasteiger partial charge < -0.3 is 19.1 Å². The second kappa shape index (κ2) is 8.41. The summed E-state index contributed by atoms with van der Waals surface area (Å²) in [5.41, 5.74) is 1.66. The highest BCUT2D eigenvalue weighted by molar-refractivity contribution is 7.07. The molecule has 9 heteroatoms. The fraction of sp³-hybridized carbons (Fsp3) is 0.238. The molecule has 7 nitrogen and oxygen atoms in total. The van der Waals surface area contributed by atoms with Crippen LogP contribution in [0.4, 0.5) is 5.69 Å². The number of halogens is 1. The maximum absolute atomic E-state index is 13.0. The molecule has 4 rings (SSSR count). The Bertz CT molecular complexity index is 1230. The van der Waals surface area contributed by atoms with Gasteiger partial charge in [-0.3, -0.25) is 9.36 Å². The Morgan fingerprint density at radius 1 is 1.07 bits per heavy atom. The molecule has 0 fully saturated rings. The Kier molecular flexibility index (Phi) is 5.69. The van der Waals surface area contributed by atoms with Crippen molar-refractivity contribution in [2.24, 2.45) is 4.99 Å². The number of hydrogen-bond donors (Lipinski definition) is 0. The van der Waals surface area contributed by atoms with E-state index in [0.29, 0.717) is 44.9 Å². The van der Waals surface area contributed by atoms with Crippen LogP contribution in [0.2, 0.25) is 5.02 Å². The van der Waals surface area contributed by atoms with E-state index in [9.17, 15) is 4.79 Å². The van der Waals surface area contributed by atoms with Crippen molar-refractivity contribution in [2.45, 2.75) is 6.67 Å². The maximum atomic E-state index is 13.0. The molecule has 30 heavy (non-hydrogen) atoms. The summed E-state index contributed by atoms with van der Waals surface area (Å²) in [5, 5.41) is 0.658. The van der Waals surface area contributed by atoms with E-state index >= 15 is 0 Å². The maximum Gasteiger partial charge on any atom is 0.271 e. The van der Waals surface area contributed by atoms with Gasteiger partial charge in [0, 0.05) is 22.8 Å². The predicted octanol–water partition coefficient (Wildman–Crippen LogP) is 2.47. The van der Waals surface area contributed by atoms with Crippen molar-refractivity contribution in [3.63, 3.8) is 0 Å². The largest absolute Gasteiger partial charge is 0.493 e. The molecule has 1 aliphatic rings. The standard InChI is InChI=1S/C21H20ClN3O4S/c1-27-16-9-15(10-17(28-2)19(16)29-3)24-11-23-21-25(12-24)20(26)18(30-21)8-13-4-6-14(22)7-5-13/h4-10H,11-12H2,1-3H3/b18-8-. The number of benzene rings is 2. The average molecular weight is 446 g/mol. The monoisotopic (exact) mass is 445 g/mol. The molecule has 3 aromatic rings. The zero-order valence-electron chi connectivity index (χ0n) is 16.7. The van der Waals surface area contributed by atoms with E-state index in [0.717, 1.165) is 11.3 Å². The molecule has 0 spiro atoms. The van der Waals surface area contributed by atoms with Gasteiger partial charge in [0.2, 0.25) is 5.75 Å². The van der Waals surface area contributed by atoms with Gasteiger partial charge in [-0.05, 0) is 23.8 Å². The molecule has 0 atom stereocenters. The lowest BCUT2D eigenvalue weighted by Crippen LogP contribution is -2.42. The van der Waals surface area contributed by atoms with Crippen LogP contribution in [-0.4, -0.2) is 32.6 Å². The van der Waals surface area contributed by atoms with E-state index in [1.54, 1.807) is 38.0 Å². The van der Waals surface area contributed by atoms with Crippen LogP contribution in [0.3, 0.4) is 0 Å². The number of hydrogen-bond acceptors (Lipinski definition) is 7. The topological polar surface area (TPSA) is 65.3 Å². The summed E-state index contributed by atoms with van der Waals surface area (Å²) in [6.45, 7) is 0.792. The molecule has 2 aromatic carbocycles. The Morgan fingerprint density at radius 2 is 1.73 bits per heavy atom. The molecule has 1 aliphatic heterocycles. The SMILES string of the molecule is COc1cc(N2CN=c3s/c(=C\c4ccc(Cl)cc4)c(=O)n3C2)cc(OC)c1OC. The molecule has 0 saturated heterocycles. The van der Waals surface area contributed by atoms with E-state index in [2.05, 4.69) is 4.99 Å². The second-order valence-corrected chi connectivity index (χ2v) is 7.99. The highest BCUT2D eigenvalue weighted by Gasteiger charge is 2.20. The van der Waals surface area contributed by atoms with Gasteiger partial charge in [0.1, 0.15) is 13.3 Å². The lowest BCUT2D eigenvalue weighted by atomic mass is 10.2. The van der Waals surface area contributed by atoms with E-state index in [4.69, 9.17) is 25.8 Å². The van der Waals surface area contributed by atoms with Crippen molar-refractivity contribution < 1.29 is 14.2 Å². The first-order valence-electron chi connectivity index (χ1n) is 9.10. The molecule has 156 valence electrons. The second-order valence-electron chi connectivity index (χ2n) is 6.54. The summed E-state index contributed by atoms with van der Waals surface area (Å²) in [6, 6.07) is 11.1. The number of aromatic nitrogens is 1. The Labute approximate surface area is 182 Å². The highest BCUT2D eigenvalue weighted by Crippen LogP contribution is 2.41. The quantitative estimate of drug-likeness (QED) is 0.603. The van der Waals surface area contributed by atoms with Crippen molar-refractivity contribution >= 4 is 34.7 Å². The molecular formula is C21H20ClN3O4S. The van der Waals surface area contributed by atoms with Gasteiger partial charge in [-0.25, -0.2) is 4.99 Å². The third-order valence-electron chi connectivity index (χ3n) is 4.76. The van der Waals surface area contributed by atoms with E-state index in [1.807, 2.05) is 35.2 Å². The van der Waals surface area contributed by atoms with Crippen LogP contribution in [0.1, 0.15) is 5.56 Å². The van der Waals surface area contributed by atoms with Crippen LogP contribution in [0.15, 0.2) is 46.2 Å². The van der Waals surface area contributed by atoms with Crippen molar-refractivity contribution in [3.05, 3.63) is 66.7 Å². The lowest BCUT2D eigenvalue weighted by molar-refractivity contribution is 0.324. The zero-order chi connectivity index (χ0) is 21.3. The van der Waals surface area contributed by atoms with E-state index in [-0.39, 0.29) is 5.56 Å².